The van der Waals surface area contributed by atoms with Gasteiger partial charge in [-0.3, -0.25) is 4.79 Å². The summed E-state index contributed by atoms with van der Waals surface area (Å²) in [6, 6.07) is 9.07. The Kier molecular flexibility index (Phi) is 3.77. The second-order valence-electron chi connectivity index (χ2n) is 6.72. The lowest BCUT2D eigenvalue weighted by atomic mass is 9.77. The predicted octanol–water partition coefficient (Wildman–Crippen LogP) is -1.04. The van der Waals surface area contributed by atoms with Crippen LogP contribution in [0.5, 0.6) is 5.75 Å². The summed E-state index contributed by atoms with van der Waals surface area (Å²) in [5.74, 6) is -2.72. The van der Waals surface area contributed by atoms with Crippen LogP contribution in [-0.2, 0) is 14.3 Å². The molecule has 2 saturated heterocycles. The molecule has 1 amide bonds. The third-order valence-electron chi connectivity index (χ3n) is 5.07. The van der Waals surface area contributed by atoms with Crippen LogP contribution in [-0.4, -0.2) is 59.4 Å². The zero-order chi connectivity index (χ0) is 17.6. The third kappa shape index (κ3) is 2.60. The zero-order valence-corrected chi connectivity index (χ0v) is 13.4. The van der Waals surface area contributed by atoms with E-state index in [0.29, 0.717) is 5.75 Å². The number of aliphatic hydroxyl groups is 1. The first-order chi connectivity index (χ1) is 12.0. The number of benzene rings is 1. The van der Waals surface area contributed by atoms with Gasteiger partial charge in [0, 0.05) is 11.9 Å². The lowest BCUT2D eigenvalue weighted by Crippen LogP contribution is -2.45. The van der Waals surface area contributed by atoms with E-state index < -0.39 is 35.6 Å². The molecule has 0 aliphatic carbocycles. The number of likely N-dealkylation sites (tertiary alicyclic amines) is 1. The third-order valence-corrected chi connectivity index (χ3v) is 5.07. The molecule has 1 aromatic rings. The Bertz CT molecular complexity index is 720. The molecule has 5 atom stereocenters. The number of carbonyl (C=O) groups is 2. The van der Waals surface area contributed by atoms with Gasteiger partial charge in [-0.25, -0.2) is 0 Å². The van der Waals surface area contributed by atoms with Crippen molar-refractivity contribution in [3.63, 3.8) is 0 Å². The summed E-state index contributed by atoms with van der Waals surface area (Å²) >= 11 is 0. The quantitative estimate of drug-likeness (QED) is 0.662. The van der Waals surface area contributed by atoms with Crippen LogP contribution in [0, 0.1) is 11.8 Å². The molecule has 7 nitrogen and oxygen atoms in total. The van der Waals surface area contributed by atoms with Gasteiger partial charge in [0.2, 0.25) is 5.91 Å². The maximum Gasteiger partial charge on any atom is 0.230 e. The standard InChI is InChI=1S/C18H19NO6/c20-11(9-24-12-4-2-1-3-5-12)8-19-10-18-7-6-13(25-18)14(17(22)23)15(18)16(19)21/h1-7,11,13-15,20H,8-10H2,(H,22,23)/p-1/t11-,13+,14-,15+,18+/m0/s1. The van der Waals surface area contributed by atoms with E-state index in [2.05, 4.69) is 0 Å². The number of ether oxygens (including phenoxy) is 2. The van der Waals surface area contributed by atoms with Crippen LogP contribution in [0.3, 0.4) is 0 Å². The smallest absolute Gasteiger partial charge is 0.230 e. The number of nitrogens with zero attached hydrogens (tertiary/aromatic N) is 1. The summed E-state index contributed by atoms with van der Waals surface area (Å²) in [4.78, 5) is 25.5. The molecule has 1 N–H and O–H groups in total. The fraction of sp³-hybridized carbons (Fsp3) is 0.444. The molecule has 1 aromatic carbocycles. The first kappa shape index (κ1) is 16.1. The SMILES string of the molecule is O=C([O-])[C@H]1[C@H]2C=C[C@]3(CN(C[C@H](O)COc4ccccc4)C(=O)[C@@H]13)O2. The molecule has 132 valence electrons. The average molecular weight is 344 g/mol. The Balaban J connectivity index is 1.40. The molecule has 2 fully saturated rings. The second-order valence-corrected chi connectivity index (χ2v) is 6.72. The molecule has 0 aromatic heterocycles. The van der Waals surface area contributed by atoms with Crippen LogP contribution < -0.4 is 9.84 Å². The first-order valence-corrected chi connectivity index (χ1v) is 8.23. The maximum absolute atomic E-state index is 12.7. The summed E-state index contributed by atoms with van der Waals surface area (Å²) in [6.45, 7) is 0.329. The van der Waals surface area contributed by atoms with Crippen molar-refractivity contribution in [1.82, 2.24) is 4.90 Å². The van der Waals surface area contributed by atoms with Gasteiger partial charge in [0.05, 0.1) is 25.1 Å². The van der Waals surface area contributed by atoms with E-state index in [1.165, 1.54) is 4.90 Å². The van der Waals surface area contributed by atoms with Crippen LogP contribution in [0.2, 0.25) is 0 Å². The van der Waals surface area contributed by atoms with E-state index in [9.17, 15) is 19.8 Å². The highest BCUT2D eigenvalue weighted by atomic mass is 16.5. The number of carboxylic acids is 1. The average Bonchev–Trinajstić information content (AvgIpc) is 3.22. The predicted molar refractivity (Wildman–Crippen MR) is 83.3 cm³/mol. The molecule has 1 spiro atoms. The second kappa shape index (κ2) is 5.86. The molecule has 25 heavy (non-hydrogen) atoms. The summed E-state index contributed by atoms with van der Waals surface area (Å²) < 4.78 is 11.3. The van der Waals surface area contributed by atoms with E-state index in [1.807, 2.05) is 18.2 Å². The molecule has 7 heteroatoms. The molecule has 2 bridgehead atoms. The van der Waals surface area contributed by atoms with Crippen LogP contribution in [0.4, 0.5) is 0 Å². The van der Waals surface area contributed by atoms with E-state index in [-0.39, 0.29) is 25.6 Å². The molecule has 3 aliphatic heterocycles. The number of aliphatic carboxylic acids is 1. The van der Waals surface area contributed by atoms with Crippen molar-refractivity contribution in [2.45, 2.75) is 17.8 Å². The van der Waals surface area contributed by atoms with Crippen LogP contribution >= 0.6 is 0 Å². The van der Waals surface area contributed by atoms with Gasteiger partial charge in [0.15, 0.2) is 0 Å². The Morgan fingerprint density at radius 3 is 2.92 bits per heavy atom. The van der Waals surface area contributed by atoms with Crippen molar-refractivity contribution in [3.8, 4) is 5.75 Å². The van der Waals surface area contributed by atoms with Gasteiger partial charge >= 0.3 is 0 Å². The number of β-amino-alcohol motifs (C(OH)–C–C–N with tert-alkyl or cyclic N) is 1. The molecular weight excluding hydrogens is 326 g/mol. The summed E-state index contributed by atoms with van der Waals surface area (Å²) in [5, 5.41) is 21.6. The topological polar surface area (TPSA) is 99.1 Å². The minimum Gasteiger partial charge on any atom is -0.550 e. The lowest BCUT2D eigenvalue weighted by molar-refractivity contribution is -0.313. The number of amides is 1. The minimum atomic E-state index is -1.27. The van der Waals surface area contributed by atoms with Gasteiger partial charge in [0.25, 0.3) is 0 Å². The number of para-hydroxylation sites is 1. The van der Waals surface area contributed by atoms with Crippen LogP contribution in [0.1, 0.15) is 0 Å². The number of rotatable bonds is 6. The number of fused-ring (bicyclic) bond motifs is 1. The van der Waals surface area contributed by atoms with Gasteiger partial charge in [-0.05, 0) is 12.1 Å². The fourth-order valence-corrected chi connectivity index (χ4v) is 4.02. The van der Waals surface area contributed by atoms with Crippen molar-refractivity contribution in [3.05, 3.63) is 42.5 Å². The Morgan fingerprint density at radius 1 is 1.44 bits per heavy atom. The number of carbonyl (C=O) groups excluding carboxylic acids is 2. The Labute approximate surface area is 144 Å². The lowest BCUT2D eigenvalue weighted by Gasteiger charge is -2.25. The number of hydrogen-bond acceptors (Lipinski definition) is 6. The monoisotopic (exact) mass is 344 g/mol. The van der Waals surface area contributed by atoms with Gasteiger partial charge in [-0.2, -0.15) is 0 Å². The number of carboxylic acid groups (broad SMARTS) is 1. The highest BCUT2D eigenvalue weighted by Gasteiger charge is 2.65. The maximum atomic E-state index is 12.7. The van der Waals surface area contributed by atoms with Gasteiger partial charge < -0.3 is 29.4 Å². The molecule has 4 rings (SSSR count). The first-order valence-electron chi connectivity index (χ1n) is 8.23. The highest BCUT2D eigenvalue weighted by molar-refractivity contribution is 5.90. The molecule has 0 saturated carbocycles. The summed E-state index contributed by atoms with van der Waals surface area (Å²) in [5.41, 5.74) is -0.910. The number of hydrogen-bond donors (Lipinski definition) is 1. The van der Waals surface area contributed by atoms with Crippen molar-refractivity contribution >= 4 is 11.9 Å². The molecular formula is C18H18NO6-. The van der Waals surface area contributed by atoms with E-state index >= 15 is 0 Å². The van der Waals surface area contributed by atoms with Crippen molar-refractivity contribution in [2.75, 3.05) is 19.7 Å². The largest absolute Gasteiger partial charge is 0.550 e. The normalized spacial score (nSPS) is 33.6. The van der Waals surface area contributed by atoms with Crippen molar-refractivity contribution in [2.24, 2.45) is 11.8 Å². The summed E-state index contributed by atoms with van der Waals surface area (Å²) in [6.07, 6.45) is 1.96. The van der Waals surface area contributed by atoms with E-state index in [0.717, 1.165) is 0 Å². The molecule has 3 heterocycles. The van der Waals surface area contributed by atoms with Gasteiger partial charge in [0.1, 0.15) is 24.1 Å². The van der Waals surface area contributed by atoms with Crippen molar-refractivity contribution in [1.29, 1.82) is 0 Å². The summed E-state index contributed by atoms with van der Waals surface area (Å²) in [7, 11) is 0. The van der Waals surface area contributed by atoms with Gasteiger partial charge in [-0.1, -0.05) is 30.4 Å². The van der Waals surface area contributed by atoms with Gasteiger partial charge in [-0.15, -0.1) is 0 Å². The minimum absolute atomic E-state index is 0.0364. The fourth-order valence-electron chi connectivity index (χ4n) is 4.02. The van der Waals surface area contributed by atoms with E-state index in [4.69, 9.17) is 9.47 Å². The number of aliphatic hydroxyl groups excluding tert-OH is 1. The zero-order valence-electron chi connectivity index (χ0n) is 13.4. The molecule has 0 unspecified atom stereocenters. The van der Waals surface area contributed by atoms with Crippen LogP contribution in [0.15, 0.2) is 42.5 Å². The molecule has 0 radical (unpaired) electrons. The Morgan fingerprint density at radius 2 is 2.20 bits per heavy atom. The van der Waals surface area contributed by atoms with E-state index in [1.54, 1.807) is 24.3 Å². The van der Waals surface area contributed by atoms with Crippen LogP contribution in [0.25, 0.3) is 0 Å². The van der Waals surface area contributed by atoms with Crippen molar-refractivity contribution < 1.29 is 29.3 Å². The highest BCUT2D eigenvalue weighted by Crippen LogP contribution is 2.51. The molecule has 3 aliphatic rings. The Hall–Kier alpha value is -2.38.